The van der Waals surface area contributed by atoms with Gasteiger partial charge in [0, 0.05) is 39.4 Å². The quantitative estimate of drug-likeness (QED) is 0.722. The first-order valence-electron chi connectivity index (χ1n) is 6.05. The third-order valence-electron chi connectivity index (χ3n) is 2.85. The molecule has 0 unspecified atom stereocenters. The van der Waals surface area contributed by atoms with Crippen molar-refractivity contribution in [3.8, 4) is 0 Å². The summed E-state index contributed by atoms with van der Waals surface area (Å²) in [6.07, 6.45) is 1.93. The Morgan fingerprint density at radius 1 is 1.45 bits per heavy atom. The molecule has 0 bridgehead atoms. The standard InChI is InChI=1S/C11H17N7OS/c1-8-9(6-17(3)13-8)5-16(2)10(19)7-20-11-12-14-15-18(11)4/h6H,5,7H2,1-4H3. The van der Waals surface area contributed by atoms with E-state index in [-0.39, 0.29) is 5.91 Å². The maximum atomic E-state index is 12.1. The predicted molar refractivity (Wildman–Crippen MR) is 73.9 cm³/mol. The summed E-state index contributed by atoms with van der Waals surface area (Å²) in [4.78, 5) is 13.8. The fourth-order valence-electron chi connectivity index (χ4n) is 1.73. The Hall–Kier alpha value is -1.90. The van der Waals surface area contributed by atoms with E-state index in [1.807, 2.05) is 20.2 Å². The van der Waals surface area contributed by atoms with Crippen LogP contribution in [0.2, 0.25) is 0 Å². The Balaban J connectivity index is 1.89. The van der Waals surface area contributed by atoms with Crippen molar-refractivity contribution in [3.63, 3.8) is 0 Å². The third-order valence-corrected chi connectivity index (χ3v) is 3.85. The van der Waals surface area contributed by atoms with Crippen molar-refractivity contribution in [1.29, 1.82) is 0 Å². The number of aromatic nitrogens is 6. The van der Waals surface area contributed by atoms with Crippen LogP contribution in [-0.4, -0.2) is 53.6 Å². The van der Waals surface area contributed by atoms with Gasteiger partial charge in [0.2, 0.25) is 11.1 Å². The highest BCUT2D eigenvalue weighted by Gasteiger charge is 2.14. The number of thioether (sulfide) groups is 1. The Bertz CT molecular complexity index is 606. The minimum atomic E-state index is 0.0289. The number of carbonyl (C=O) groups excluding carboxylic acids is 1. The number of tetrazole rings is 1. The van der Waals surface area contributed by atoms with Crippen LogP contribution < -0.4 is 0 Å². The first-order chi connectivity index (χ1) is 9.47. The fraction of sp³-hybridized carbons (Fsp3) is 0.545. The van der Waals surface area contributed by atoms with E-state index < -0.39 is 0 Å². The summed E-state index contributed by atoms with van der Waals surface area (Å²) in [5, 5.41) is 16.0. The molecule has 0 aromatic carbocycles. The molecule has 0 aliphatic heterocycles. The normalized spacial score (nSPS) is 10.8. The minimum Gasteiger partial charge on any atom is -0.341 e. The van der Waals surface area contributed by atoms with Crippen molar-refractivity contribution in [2.45, 2.75) is 18.6 Å². The van der Waals surface area contributed by atoms with Gasteiger partial charge >= 0.3 is 0 Å². The molecule has 0 aliphatic rings. The van der Waals surface area contributed by atoms with E-state index >= 15 is 0 Å². The van der Waals surface area contributed by atoms with Crippen LogP contribution in [0, 0.1) is 6.92 Å². The van der Waals surface area contributed by atoms with Gasteiger partial charge in [0.05, 0.1) is 11.4 Å². The largest absolute Gasteiger partial charge is 0.341 e. The van der Waals surface area contributed by atoms with Crippen LogP contribution >= 0.6 is 11.8 Å². The maximum Gasteiger partial charge on any atom is 0.233 e. The molecule has 2 aromatic rings. The lowest BCUT2D eigenvalue weighted by Crippen LogP contribution is -2.28. The molecule has 2 aromatic heterocycles. The van der Waals surface area contributed by atoms with Gasteiger partial charge in [-0.1, -0.05) is 11.8 Å². The van der Waals surface area contributed by atoms with Gasteiger partial charge in [0.15, 0.2) is 0 Å². The van der Waals surface area contributed by atoms with Crippen LogP contribution in [0.25, 0.3) is 0 Å². The van der Waals surface area contributed by atoms with Gasteiger partial charge in [-0.25, -0.2) is 4.68 Å². The average Bonchev–Trinajstić information content (AvgIpc) is 2.93. The summed E-state index contributed by atoms with van der Waals surface area (Å²) >= 11 is 1.32. The topological polar surface area (TPSA) is 81.7 Å². The molecular weight excluding hydrogens is 278 g/mol. The molecule has 0 atom stereocenters. The van der Waals surface area contributed by atoms with E-state index in [0.29, 0.717) is 17.5 Å². The fourth-order valence-corrected chi connectivity index (χ4v) is 2.52. The predicted octanol–water partition coefficient (Wildman–Crippen LogP) is 0.00272. The van der Waals surface area contributed by atoms with Gasteiger partial charge < -0.3 is 4.90 Å². The molecule has 2 heterocycles. The van der Waals surface area contributed by atoms with Crippen molar-refractivity contribution < 1.29 is 4.79 Å². The summed E-state index contributed by atoms with van der Waals surface area (Å²) in [5.74, 6) is 0.338. The smallest absolute Gasteiger partial charge is 0.233 e. The number of nitrogens with zero attached hydrogens (tertiary/aromatic N) is 7. The number of hydrogen-bond donors (Lipinski definition) is 0. The van der Waals surface area contributed by atoms with Gasteiger partial charge in [0.1, 0.15) is 0 Å². The van der Waals surface area contributed by atoms with E-state index in [0.717, 1.165) is 11.3 Å². The first kappa shape index (κ1) is 14.5. The molecule has 2 rings (SSSR count). The number of hydrogen-bond acceptors (Lipinski definition) is 6. The van der Waals surface area contributed by atoms with Crippen molar-refractivity contribution in [2.75, 3.05) is 12.8 Å². The molecule has 0 aliphatic carbocycles. The molecule has 1 amide bonds. The van der Waals surface area contributed by atoms with Crippen molar-refractivity contribution in [2.24, 2.45) is 14.1 Å². The van der Waals surface area contributed by atoms with E-state index in [1.54, 1.807) is 28.4 Å². The summed E-state index contributed by atoms with van der Waals surface area (Å²) in [6.45, 7) is 2.49. The number of aryl methyl sites for hydroxylation is 3. The van der Waals surface area contributed by atoms with Crippen LogP contribution in [0.3, 0.4) is 0 Å². The highest BCUT2D eigenvalue weighted by molar-refractivity contribution is 7.99. The molecule has 0 N–H and O–H groups in total. The van der Waals surface area contributed by atoms with E-state index in [1.165, 1.54) is 11.8 Å². The molecule has 108 valence electrons. The molecule has 20 heavy (non-hydrogen) atoms. The van der Waals surface area contributed by atoms with E-state index in [4.69, 9.17) is 0 Å². The van der Waals surface area contributed by atoms with Gasteiger partial charge in [-0.05, 0) is 17.4 Å². The zero-order valence-electron chi connectivity index (χ0n) is 11.9. The van der Waals surface area contributed by atoms with Gasteiger partial charge in [-0.2, -0.15) is 5.10 Å². The Morgan fingerprint density at radius 3 is 2.75 bits per heavy atom. The summed E-state index contributed by atoms with van der Waals surface area (Å²) < 4.78 is 3.30. The SMILES string of the molecule is Cc1nn(C)cc1CN(C)C(=O)CSc1nnnn1C. The Kier molecular flexibility index (Phi) is 4.38. The third kappa shape index (κ3) is 3.35. The molecule has 0 spiro atoms. The van der Waals surface area contributed by atoms with Gasteiger partial charge in [-0.15, -0.1) is 5.10 Å². The Morgan fingerprint density at radius 2 is 2.20 bits per heavy atom. The lowest BCUT2D eigenvalue weighted by atomic mass is 10.2. The highest BCUT2D eigenvalue weighted by Crippen LogP contribution is 2.14. The van der Waals surface area contributed by atoms with E-state index in [9.17, 15) is 4.79 Å². The minimum absolute atomic E-state index is 0.0289. The second kappa shape index (κ2) is 6.04. The zero-order chi connectivity index (χ0) is 14.7. The number of carbonyl (C=O) groups is 1. The van der Waals surface area contributed by atoms with Crippen LogP contribution in [0.15, 0.2) is 11.4 Å². The number of rotatable bonds is 5. The van der Waals surface area contributed by atoms with E-state index in [2.05, 4.69) is 20.6 Å². The number of amides is 1. The van der Waals surface area contributed by atoms with Crippen LogP contribution in [0.1, 0.15) is 11.3 Å². The molecule has 0 radical (unpaired) electrons. The average molecular weight is 295 g/mol. The van der Waals surface area contributed by atoms with Gasteiger partial charge in [0.25, 0.3) is 0 Å². The summed E-state index contributed by atoms with van der Waals surface area (Å²) in [6, 6.07) is 0. The van der Waals surface area contributed by atoms with Crippen molar-refractivity contribution in [3.05, 3.63) is 17.5 Å². The molecular formula is C11H17N7OS. The molecule has 0 saturated heterocycles. The zero-order valence-corrected chi connectivity index (χ0v) is 12.8. The molecule has 0 saturated carbocycles. The van der Waals surface area contributed by atoms with Crippen LogP contribution in [-0.2, 0) is 25.4 Å². The van der Waals surface area contributed by atoms with Crippen molar-refractivity contribution >= 4 is 17.7 Å². The van der Waals surface area contributed by atoms with Gasteiger partial charge in [-0.3, -0.25) is 9.48 Å². The van der Waals surface area contributed by atoms with Crippen LogP contribution in [0.4, 0.5) is 0 Å². The monoisotopic (exact) mass is 295 g/mol. The van der Waals surface area contributed by atoms with Crippen LogP contribution in [0.5, 0.6) is 0 Å². The molecule has 0 fully saturated rings. The second-order valence-corrected chi connectivity index (χ2v) is 5.48. The maximum absolute atomic E-state index is 12.1. The lowest BCUT2D eigenvalue weighted by Gasteiger charge is -2.16. The molecule has 8 nitrogen and oxygen atoms in total. The van der Waals surface area contributed by atoms with Crippen molar-refractivity contribution in [1.82, 2.24) is 34.9 Å². The first-order valence-corrected chi connectivity index (χ1v) is 7.04. The summed E-state index contributed by atoms with van der Waals surface area (Å²) in [5.41, 5.74) is 1.99. The Labute approximate surface area is 121 Å². The summed E-state index contributed by atoms with van der Waals surface area (Å²) in [7, 11) is 5.40. The highest BCUT2D eigenvalue weighted by atomic mass is 32.2. The lowest BCUT2D eigenvalue weighted by molar-refractivity contribution is -0.127. The molecule has 9 heteroatoms. The second-order valence-electron chi connectivity index (χ2n) is 4.54.